The summed E-state index contributed by atoms with van der Waals surface area (Å²) in [5, 5.41) is 6.58. The van der Waals surface area contributed by atoms with E-state index in [2.05, 4.69) is 10.6 Å². The maximum Gasteiger partial charge on any atom is 0.237 e. The average Bonchev–Trinajstić information content (AvgIpc) is 2.33. The fourth-order valence-corrected chi connectivity index (χ4v) is 2.98. The van der Waals surface area contributed by atoms with Crippen molar-refractivity contribution in [2.75, 3.05) is 6.54 Å². The van der Waals surface area contributed by atoms with Crippen LogP contribution in [0, 0.1) is 0 Å². The van der Waals surface area contributed by atoms with Gasteiger partial charge in [0.25, 0.3) is 0 Å². The molecule has 0 bridgehead atoms. The summed E-state index contributed by atoms with van der Waals surface area (Å²) in [6, 6.07) is 0.515. The Bertz CT molecular complexity index is 234. The SMILES string of the molecule is Cl.O=C(NC1CCCCCCC1)C1CCCCN1. The lowest BCUT2D eigenvalue weighted by atomic mass is 9.96. The predicted molar refractivity (Wildman–Crippen MR) is 77.1 cm³/mol. The minimum Gasteiger partial charge on any atom is -0.352 e. The second-order valence-corrected chi connectivity index (χ2v) is 5.55. The molecule has 0 aromatic heterocycles. The highest BCUT2D eigenvalue weighted by molar-refractivity contribution is 5.85. The number of hydrogen-bond donors (Lipinski definition) is 2. The van der Waals surface area contributed by atoms with Crippen LogP contribution in [-0.2, 0) is 4.79 Å². The molecule has 1 aliphatic carbocycles. The molecule has 2 fully saturated rings. The lowest BCUT2D eigenvalue weighted by molar-refractivity contribution is -0.124. The number of carbonyl (C=O) groups excluding carboxylic acids is 1. The zero-order chi connectivity index (χ0) is 11.9. The summed E-state index contributed by atoms with van der Waals surface area (Å²) in [5.41, 5.74) is 0. The van der Waals surface area contributed by atoms with E-state index >= 15 is 0 Å². The molecule has 2 rings (SSSR count). The number of piperidine rings is 1. The Morgan fingerprint density at radius 1 is 0.889 bits per heavy atom. The van der Waals surface area contributed by atoms with Gasteiger partial charge < -0.3 is 10.6 Å². The number of hydrogen-bond acceptors (Lipinski definition) is 2. The zero-order valence-corrected chi connectivity index (χ0v) is 12.1. The van der Waals surface area contributed by atoms with Crippen molar-refractivity contribution in [1.82, 2.24) is 10.6 Å². The van der Waals surface area contributed by atoms with Gasteiger partial charge in [0.05, 0.1) is 6.04 Å². The fourth-order valence-electron chi connectivity index (χ4n) is 2.98. The van der Waals surface area contributed by atoms with E-state index in [1.165, 1.54) is 57.8 Å². The van der Waals surface area contributed by atoms with Gasteiger partial charge in [-0.3, -0.25) is 4.79 Å². The third-order valence-electron chi connectivity index (χ3n) is 4.08. The largest absolute Gasteiger partial charge is 0.352 e. The molecule has 0 aromatic carbocycles. The van der Waals surface area contributed by atoms with Gasteiger partial charge >= 0.3 is 0 Å². The summed E-state index contributed by atoms with van der Waals surface area (Å²) in [6.45, 7) is 1.00. The quantitative estimate of drug-likeness (QED) is 0.813. The lowest BCUT2D eigenvalue weighted by Gasteiger charge is -2.27. The van der Waals surface area contributed by atoms with Crippen LogP contribution >= 0.6 is 12.4 Å². The molecule has 2 N–H and O–H groups in total. The Balaban J connectivity index is 0.00000162. The Hall–Kier alpha value is -0.280. The van der Waals surface area contributed by atoms with Crippen molar-refractivity contribution in [2.24, 2.45) is 0 Å². The van der Waals surface area contributed by atoms with Crippen LogP contribution in [0.2, 0.25) is 0 Å². The van der Waals surface area contributed by atoms with E-state index in [9.17, 15) is 4.79 Å². The predicted octanol–water partition coefficient (Wildman–Crippen LogP) is 2.78. The second-order valence-electron chi connectivity index (χ2n) is 5.55. The number of halogens is 1. The molecule has 4 heteroatoms. The van der Waals surface area contributed by atoms with Gasteiger partial charge in [0.2, 0.25) is 5.91 Å². The lowest BCUT2D eigenvalue weighted by Crippen LogP contribution is -2.49. The Labute approximate surface area is 117 Å². The first-order valence-corrected chi connectivity index (χ1v) is 7.40. The summed E-state index contributed by atoms with van der Waals surface area (Å²) in [6.07, 6.45) is 12.4. The molecule has 2 aliphatic rings. The second kappa shape index (κ2) is 8.76. The molecule has 1 saturated carbocycles. The molecule has 1 heterocycles. The molecule has 1 amide bonds. The highest BCUT2D eigenvalue weighted by atomic mass is 35.5. The summed E-state index contributed by atoms with van der Waals surface area (Å²) in [5.74, 6) is 0.246. The first kappa shape index (κ1) is 15.8. The van der Waals surface area contributed by atoms with Crippen molar-refractivity contribution < 1.29 is 4.79 Å². The van der Waals surface area contributed by atoms with Gasteiger partial charge in [0, 0.05) is 6.04 Å². The highest BCUT2D eigenvalue weighted by Gasteiger charge is 2.22. The van der Waals surface area contributed by atoms with Crippen molar-refractivity contribution in [3.63, 3.8) is 0 Å². The third-order valence-corrected chi connectivity index (χ3v) is 4.08. The van der Waals surface area contributed by atoms with Crippen molar-refractivity contribution in [1.29, 1.82) is 0 Å². The Morgan fingerprint density at radius 3 is 2.11 bits per heavy atom. The molecule has 1 unspecified atom stereocenters. The highest BCUT2D eigenvalue weighted by Crippen LogP contribution is 2.17. The smallest absolute Gasteiger partial charge is 0.237 e. The van der Waals surface area contributed by atoms with E-state index in [1.807, 2.05) is 0 Å². The molecule has 1 atom stereocenters. The normalized spacial score (nSPS) is 26.6. The van der Waals surface area contributed by atoms with Gasteiger partial charge in [-0.25, -0.2) is 0 Å². The Kier molecular flexibility index (Phi) is 7.68. The zero-order valence-electron chi connectivity index (χ0n) is 11.2. The summed E-state index contributed by atoms with van der Waals surface area (Å²) >= 11 is 0. The number of carbonyl (C=O) groups is 1. The summed E-state index contributed by atoms with van der Waals surface area (Å²) < 4.78 is 0. The molecule has 0 spiro atoms. The molecule has 0 radical (unpaired) electrons. The number of amides is 1. The topological polar surface area (TPSA) is 41.1 Å². The van der Waals surface area contributed by atoms with Crippen LogP contribution in [0.1, 0.15) is 64.2 Å². The number of rotatable bonds is 2. The van der Waals surface area contributed by atoms with Crippen molar-refractivity contribution in [3.8, 4) is 0 Å². The van der Waals surface area contributed by atoms with Crippen molar-refractivity contribution >= 4 is 18.3 Å². The molecule has 106 valence electrons. The average molecular weight is 275 g/mol. The van der Waals surface area contributed by atoms with E-state index in [-0.39, 0.29) is 24.4 Å². The minimum atomic E-state index is 0. The van der Waals surface area contributed by atoms with Crippen LogP contribution in [0.25, 0.3) is 0 Å². The fraction of sp³-hybridized carbons (Fsp3) is 0.929. The van der Waals surface area contributed by atoms with Gasteiger partial charge in [-0.2, -0.15) is 0 Å². The van der Waals surface area contributed by atoms with Crippen LogP contribution in [-0.4, -0.2) is 24.5 Å². The van der Waals surface area contributed by atoms with Crippen molar-refractivity contribution in [2.45, 2.75) is 76.3 Å². The number of nitrogens with one attached hydrogen (secondary N) is 2. The van der Waals surface area contributed by atoms with Gasteiger partial charge in [0.15, 0.2) is 0 Å². The summed E-state index contributed by atoms with van der Waals surface area (Å²) in [7, 11) is 0. The van der Waals surface area contributed by atoms with E-state index < -0.39 is 0 Å². The monoisotopic (exact) mass is 274 g/mol. The molecule has 0 aromatic rings. The molecule has 3 nitrogen and oxygen atoms in total. The first-order valence-electron chi connectivity index (χ1n) is 7.40. The van der Waals surface area contributed by atoms with E-state index in [1.54, 1.807) is 0 Å². The van der Waals surface area contributed by atoms with Gasteiger partial charge in [-0.15, -0.1) is 12.4 Å². The van der Waals surface area contributed by atoms with Crippen LogP contribution in [0.3, 0.4) is 0 Å². The van der Waals surface area contributed by atoms with Gasteiger partial charge in [-0.1, -0.05) is 38.5 Å². The Morgan fingerprint density at radius 2 is 1.50 bits per heavy atom. The van der Waals surface area contributed by atoms with Gasteiger partial charge in [0.1, 0.15) is 0 Å². The molecule has 1 saturated heterocycles. The van der Waals surface area contributed by atoms with Gasteiger partial charge in [-0.05, 0) is 32.2 Å². The standard InChI is InChI=1S/C14H26N2O.ClH/c17-14(13-10-6-7-11-15-13)16-12-8-4-2-1-3-5-9-12;/h12-13,15H,1-11H2,(H,16,17);1H. The maximum absolute atomic E-state index is 12.1. The van der Waals surface area contributed by atoms with Crippen LogP contribution < -0.4 is 10.6 Å². The summed E-state index contributed by atoms with van der Waals surface area (Å²) in [4.78, 5) is 12.1. The molecule has 18 heavy (non-hydrogen) atoms. The molecule has 1 aliphatic heterocycles. The van der Waals surface area contributed by atoms with Crippen LogP contribution in [0.15, 0.2) is 0 Å². The van der Waals surface area contributed by atoms with Crippen LogP contribution in [0.5, 0.6) is 0 Å². The molecular formula is C14H27ClN2O. The molecular weight excluding hydrogens is 248 g/mol. The van der Waals surface area contributed by atoms with Crippen LogP contribution in [0.4, 0.5) is 0 Å². The van der Waals surface area contributed by atoms with E-state index in [0.29, 0.717) is 6.04 Å². The minimum absolute atomic E-state index is 0. The van der Waals surface area contributed by atoms with E-state index in [0.717, 1.165) is 13.0 Å². The third kappa shape index (κ3) is 5.15. The maximum atomic E-state index is 12.1. The first-order chi connectivity index (χ1) is 8.36. The van der Waals surface area contributed by atoms with E-state index in [4.69, 9.17) is 0 Å². The van der Waals surface area contributed by atoms with Crippen molar-refractivity contribution in [3.05, 3.63) is 0 Å².